The predicted octanol–water partition coefficient (Wildman–Crippen LogP) is 5.20. The quantitative estimate of drug-likeness (QED) is 0.557. The fourth-order valence-electron chi connectivity index (χ4n) is 2.76. The molecule has 0 saturated heterocycles. The van der Waals surface area contributed by atoms with Crippen molar-refractivity contribution in [3.63, 3.8) is 0 Å². The lowest BCUT2D eigenvalue weighted by molar-refractivity contribution is 0.0165. The molecule has 5 nitrogen and oxygen atoms in total. The molecule has 1 heterocycles. The summed E-state index contributed by atoms with van der Waals surface area (Å²) in [6.45, 7) is 6.05. The molecule has 6 heteroatoms. The molecule has 3 aromatic rings. The average molecular weight is 396 g/mol. The molecule has 0 aliphatic heterocycles. The highest BCUT2D eigenvalue weighted by Crippen LogP contribution is 2.32. The zero-order chi connectivity index (χ0) is 20.1. The molecule has 0 aliphatic carbocycles. The van der Waals surface area contributed by atoms with Crippen molar-refractivity contribution in [2.45, 2.75) is 26.9 Å². The Morgan fingerprint density at radius 1 is 1.11 bits per heavy atom. The van der Waals surface area contributed by atoms with Crippen LogP contribution in [0.25, 0.3) is 11.8 Å². The molecular weight excluding hydrogens is 374 g/mol. The number of rotatable bonds is 5. The fourth-order valence-corrected chi connectivity index (χ4v) is 2.89. The van der Waals surface area contributed by atoms with Gasteiger partial charge in [-0.25, -0.2) is 14.5 Å². The van der Waals surface area contributed by atoms with Gasteiger partial charge in [0.05, 0.1) is 11.3 Å². The van der Waals surface area contributed by atoms with Crippen LogP contribution in [-0.2, 0) is 4.74 Å². The van der Waals surface area contributed by atoms with E-state index in [9.17, 15) is 4.79 Å². The highest BCUT2D eigenvalue weighted by molar-refractivity contribution is 6.30. The number of benzene rings is 2. The summed E-state index contributed by atoms with van der Waals surface area (Å²) in [5, 5.41) is 4.92. The van der Waals surface area contributed by atoms with Gasteiger partial charge < -0.3 is 4.74 Å². The molecule has 144 valence electrons. The number of halogens is 1. The van der Waals surface area contributed by atoms with E-state index in [0.29, 0.717) is 16.3 Å². The standard InChI is InChI=1S/C22H22ClN3O2/c1-22(2,3)20(28-21(27)17-7-5-4-6-8-17)19(26-15-24-14-25-26)13-16-9-11-18(23)12-10-16/h4-15,20H,1-3H3/b19-13+. The van der Waals surface area contributed by atoms with E-state index in [0.717, 1.165) is 5.56 Å². The van der Waals surface area contributed by atoms with Gasteiger partial charge in [0.1, 0.15) is 18.8 Å². The second kappa shape index (κ2) is 8.40. The summed E-state index contributed by atoms with van der Waals surface area (Å²) in [5.41, 5.74) is 1.74. The molecule has 0 spiro atoms. The Morgan fingerprint density at radius 2 is 1.79 bits per heavy atom. The largest absolute Gasteiger partial charge is 0.452 e. The normalized spacial score (nSPS) is 13.2. The molecular formula is C22H22ClN3O2. The molecule has 1 aromatic heterocycles. The molecule has 0 bridgehead atoms. The van der Waals surface area contributed by atoms with Crippen molar-refractivity contribution in [3.05, 3.63) is 83.4 Å². The SMILES string of the molecule is CC(C)(C)C(OC(=O)c1ccccc1)/C(=C\c1ccc(Cl)cc1)n1cncn1. The predicted molar refractivity (Wildman–Crippen MR) is 111 cm³/mol. The highest BCUT2D eigenvalue weighted by Gasteiger charge is 2.33. The lowest BCUT2D eigenvalue weighted by Gasteiger charge is -2.32. The topological polar surface area (TPSA) is 57.0 Å². The first-order valence-electron chi connectivity index (χ1n) is 8.93. The van der Waals surface area contributed by atoms with Gasteiger partial charge in [0.15, 0.2) is 0 Å². The Morgan fingerprint density at radius 3 is 2.36 bits per heavy atom. The Labute approximate surface area is 169 Å². The molecule has 3 rings (SSSR count). The van der Waals surface area contributed by atoms with Gasteiger partial charge in [-0.15, -0.1) is 0 Å². The summed E-state index contributed by atoms with van der Waals surface area (Å²) in [5.74, 6) is -0.386. The highest BCUT2D eigenvalue weighted by atomic mass is 35.5. The number of esters is 1. The fraction of sp³-hybridized carbons (Fsp3) is 0.227. The lowest BCUT2D eigenvalue weighted by Crippen LogP contribution is -2.35. The minimum absolute atomic E-state index is 0.380. The van der Waals surface area contributed by atoms with Crippen molar-refractivity contribution in [1.29, 1.82) is 0 Å². The van der Waals surface area contributed by atoms with Crippen molar-refractivity contribution in [2.24, 2.45) is 5.41 Å². The third-order valence-electron chi connectivity index (χ3n) is 4.16. The van der Waals surface area contributed by atoms with Crippen molar-refractivity contribution in [1.82, 2.24) is 14.8 Å². The van der Waals surface area contributed by atoms with Crippen molar-refractivity contribution >= 4 is 29.3 Å². The Bertz CT molecular complexity index is 944. The minimum atomic E-state index is -0.558. The number of aromatic nitrogens is 3. The van der Waals surface area contributed by atoms with Gasteiger partial charge in [0.25, 0.3) is 0 Å². The zero-order valence-electron chi connectivity index (χ0n) is 16.0. The second-order valence-corrected chi connectivity index (χ2v) is 7.91. The first-order valence-corrected chi connectivity index (χ1v) is 9.30. The van der Waals surface area contributed by atoms with E-state index in [-0.39, 0.29) is 11.4 Å². The van der Waals surface area contributed by atoms with Crippen LogP contribution < -0.4 is 0 Å². The maximum absolute atomic E-state index is 12.8. The molecule has 2 aromatic carbocycles. The molecule has 0 radical (unpaired) electrons. The van der Waals surface area contributed by atoms with Crippen LogP contribution in [0.5, 0.6) is 0 Å². The summed E-state index contributed by atoms with van der Waals surface area (Å²) in [6, 6.07) is 16.4. The maximum atomic E-state index is 12.8. The van der Waals surface area contributed by atoms with Crippen molar-refractivity contribution in [2.75, 3.05) is 0 Å². The number of ether oxygens (including phenoxy) is 1. The molecule has 0 saturated carbocycles. The third kappa shape index (κ3) is 4.87. The van der Waals surface area contributed by atoms with Gasteiger partial charge in [-0.3, -0.25) is 0 Å². The van der Waals surface area contributed by atoms with E-state index in [1.54, 1.807) is 23.1 Å². The summed E-state index contributed by atoms with van der Waals surface area (Å²) in [6.07, 6.45) is 4.42. The van der Waals surface area contributed by atoms with Crippen molar-refractivity contribution < 1.29 is 9.53 Å². The molecule has 1 unspecified atom stereocenters. The van der Waals surface area contributed by atoms with Crippen LogP contribution in [0, 0.1) is 5.41 Å². The van der Waals surface area contributed by atoms with Crippen molar-refractivity contribution in [3.8, 4) is 0 Å². The van der Waals surface area contributed by atoms with E-state index in [1.807, 2.05) is 69.3 Å². The van der Waals surface area contributed by atoms with Crippen LogP contribution in [0.15, 0.2) is 67.3 Å². The number of carbonyl (C=O) groups excluding carboxylic acids is 1. The van der Waals surface area contributed by atoms with Crippen LogP contribution >= 0.6 is 11.6 Å². The number of hydrogen-bond donors (Lipinski definition) is 0. The lowest BCUT2D eigenvalue weighted by atomic mass is 9.86. The number of hydrogen-bond acceptors (Lipinski definition) is 4. The van der Waals surface area contributed by atoms with E-state index >= 15 is 0 Å². The van der Waals surface area contributed by atoms with Gasteiger partial charge in [0, 0.05) is 10.4 Å². The molecule has 1 atom stereocenters. The van der Waals surface area contributed by atoms with Gasteiger partial charge in [-0.1, -0.05) is 62.7 Å². The van der Waals surface area contributed by atoms with Crippen LogP contribution in [0.3, 0.4) is 0 Å². The van der Waals surface area contributed by atoms with E-state index in [1.165, 1.54) is 6.33 Å². The van der Waals surface area contributed by atoms with Crippen LogP contribution in [0.1, 0.15) is 36.7 Å². The van der Waals surface area contributed by atoms with Gasteiger partial charge >= 0.3 is 5.97 Å². The second-order valence-electron chi connectivity index (χ2n) is 7.48. The number of nitrogens with zero attached hydrogens (tertiary/aromatic N) is 3. The molecule has 0 N–H and O–H groups in total. The first-order chi connectivity index (χ1) is 13.3. The summed E-state index contributed by atoms with van der Waals surface area (Å²) >= 11 is 6.00. The Balaban J connectivity index is 2.02. The van der Waals surface area contributed by atoms with Gasteiger partial charge in [0.2, 0.25) is 0 Å². The first kappa shape index (κ1) is 19.8. The van der Waals surface area contributed by atoms with Crippen LogP contribution in [0.2, 0.25) is 5.02 Å². The van der Waals surface area contributed by atoms with E-state index in [4.69, 9.17) is 16.3 Å². The molecule has 0 fully saturated rings. The summed E-state index contributed by atoms with van der Waals surface area (Å²) in [7, 11) is 0. The maximum Gasteiger partial charge on any atom is 0.338 e. The van der Waals surface area contributed by atoms with Gasteiger partial charge in [-0.05, 0) is 35.9 Å². The molecule has 0 aliphatic rings. The summed E-state index contributed by atoms with van der Waals surface area (Å²) < 4.78 is 7.59. The van der Waals surface area contributed by atoms with Gasteiger partial charge in [-0.2, -0.15) is 5.10 Å². The third-order valence-corrected chi connectivity index (χ3v) is 4.41. The number of carbonyl (C=O) groups is 1. The smallest absolute Gasteiger partial charge is 0.338 e. The summed E-state index contributed by atoms with van der Waals surface area (Å²) in [4.78, 5) is 16.8. The Hall–Kier alpha value is -2.92. The van der Waals surface area contributed by atoms with Crippen LogP contribution in [0.4, 0.5) is 0 Å². The monoisotopic (exact) mass is 395 g/mol. The van der Waals surface area contributed by atoms with E-state index < -0.39 is 6.10 Å². The Kier molecular flexibility index (Phi) is 5.95. The molecule has 0 amide bonds. The minimum Gasteiger partial charge on any atom is -0.452 e. The average Bonchev–Trinajstić information content (AvgIpc) is 3.20. The molecule has 28 heavy (non-hydrogen) atoms. The zero-order valence-corrected chi connectivity index (χ0v) is 16.8. The van der Waals surface area contributed by atoms with Crippen LogP contribution in [-0.4, -0.2) is 26.8 Å². The van der Waals surface area contributed by atoms with E-state index in [2.05, 4.69) is 10.1 Å².